The summed E-state index contributed by atoms with van der Waals surface area (Å²) in [5, 5.41) is 0.732. The number of rotatable bonds is 3. The van der Waals surface area contributed by atoms with E-state index in [1.807, 2.05) is 24.3 Å². The molecule has 0 heterocycles. The molecule has 2 rings (SSSR count). The summed E-state index contributed by atoms with van der Waals surface area (Å²) in [7, 11) is 0. The van der Waals surface area contributed by atoms with E-state index in [-0.39, 0.29) is 5.82 Å². The predicted octanol–water partition coefficient (Wildman–Crippen LogP) is 4.74. The Morgan fingerprint density at radius 1 is 1.06 bits per heavy atom. The van der Waals surface area contributed by atoms with Crippen LogP contribution in [0.1, 0.15) is 11.1 Å². The summed E-state index contributed by atoms with van der Waals surface area (Å²) in [5.41, 5.74) is 2.90. The van der Waals surface area contributed by atoms with Crippen LogP contribution in [-0.4, -0.2) is 0 Å². The van der Waals surface area contributed by atoms with Crippen molar-refractivity contribution in [1.29, 1.82) is 0 Å². The SMILES string of the molecule is C=C(Cc1ccccc1Cl)c1ccc(F)cc1. The average Bonchev–Trinajstić information content (AvgIpc) is 2.33. The lowest BCUT2D eigenvalue weighted by Gasteiger charge is -2.07. The molecule has 0 saturated heterocycles. The largest absolute Gasteiger partial charge is 0.207 e. The highest BCUT2D eigenvalue weighted by atomic mass is 35.5. The van der Waals surface area contributed by atoms with E-state index >= 15 is 0 Å². The van der Waals surface area contributed by atoms with Crippen molar-refractivity contribution >= 4 is 17.2 Å². The van der Waals surface area contributed by atoms with Gasteiger partial charge in [-0.3, -0.25) is 0 Å². The van der Waals surface area contributed by atoms with Gasteiger partial charge in [0.1, 0.15) is 5.82 Å². The quantitative estimate of drug-likeness (QED) is 0.734. The van der Waals surface area contributed by atoms with Crippen LogP contribution in [-0.2, 0) is 6.42 Å². The minimum absolute atomic E-state index is 0.237. The van der Waals surface area contributed by atoms with Crippen molar-refractivity contribution in [2.45, 2.75) is 6.42 Å². The number of halogens is 2. The maximum atomic E-state index is 12.8. The monoisotopic (exact) mass is 246 g/mol. The van der Waals surface area contributed by atoms with Gasteiger partial charge in [0.25, 0.3) is 0 Å². The van der Waals surface area contributed by atoms with Crippen LogP contribution in [0.3, 0.4) is 0 Å². The van der Waals surface area contributed by atoms with Crippen LogP contribution in [0.15, 0.2) is 55.1 Å². The van der Waals surface area contributed by atoms with E-state index < -0.39 is 0 Å². The van der Waals surface area contributed by atoms with E-state index in [1.165, 1.54) is 12.1 Å². The van der Waals surface area contributed by atoms with E-state index in [0.29, 0.717) is 6.42 Å². The molecule has 0 aromatic heterocycles. The number of hydrogen-bond donors (Lipinski definition) is 0. The summed E-state index contributed by atoms with van der Waals surface area (Å²) in [6, 6.07) is 14.0. The highest BCUT2D eigenvalue weighted by molar-refractivity contribution is 6.31. The van der Waals surface area contributed by atoms with E-state index in [0.717, 1.165) is 21.7 Å². The molecule has 0 aliphatic heterocycles. The summed E-state index contributed by atoms with van der Waals surface area (Å²) in [6.45, 7) is 4.01. The Balaban J connectivity index is 2.17. The molecule has 17 heavy (non-hydrogen) atoms. The molecule has 0 saturated carbocycles. The molecule has 2 heteroatoms. The van der Waals surface area contributed by atoms with Crippen LogP contribution in [0.4, 0.5) is 4.39 Å². The second-order valence-electron chi connectivity index (χ2n) is 3.88. The summed E-state index contributed by atoms with van der Waals surface area (Å²) < 4.78 is 12.8. The molecule has 0 spiro atoms. The lowest BCUT2D eigenvalue weighted by Crippen LogP contribution is -1.90. The Bertz CT molecular complexity index is 529. The molecule has 0 aliphatic rings. The third kappa shape index (κ3) is 2.95. The van der Waals surface area contributed by atoms with Crippen molar-refractivity contribution < 1.29 is 4.39 Å². The second-order valence-corrected chi connectivity index (χ2v) is 4.29. The number of hydrogen-bond acceptors (Lipinski definition) is 0. The fraction of sp³-hybridized carbons (Fsp3) is 0.0667. The zero-order valence-corrected chi connectivity index (χ0v) is 10.0. The molecular weight excluding hydrogens is 235 g/mol. The minimum atomic E-state index is -0.237. The van der Waals surface area contributed by atoms with E-state index in [2.05, 4.69) is 6.58 Å². The Hall–Kier alpha value is -1.60. The smallest absolute Gasteiger partial charge is 0.123 e. The van der Waals surface area contributed by atoms with Gasteiger partial charge in [0.05, 0.1) is 0 Å². The number of benzene rings is 2. The molecule has 0 amide bonds. The van der Waals surface area contributed by atoms with Crippen molar-refractivity contribution in [3.05, 3.63) is 77.1 Å². The van der Waals surface area contributed by atoms with Gasteiger partial charge in [-0.25, -0.2) is 4.39 Å². The highest BCUT2D eigenvalue weighted by Crippen LogP contribution is 2.23. The van der Waals surface area contributed by atoms with Crippen LogP contribution in [0.2, 0.25) is 5.02 Å². The first-order valence-corrected chi connectivity index (χ1v) is 5.72. The topological polar surface area (TPSA) is 0 Å². The third-order valence-electron chi connectivity index (χ3n) is 2.61. The van der Waals surface area contributed by atoms with E-state index in [1.54, 1.807) is 12.1 Å². The summed E-state index contributed by atoms with van der Waals surface area (Å²) in [6.07, 6.45) is 0.672. The Labute approximate surface area is 105 Å². The number of allylic oxidation sites excluding steroid dienone is 1. The van der Waals surface area contributed by atoms with Gasteiger partial charge in [-0.15, -0.1) is 0 Å². The van der Waals surface area contributed by atoms with Crippen molar-refractivity contribution in [2.75, 3.05) is 0 Å². The van der Waals surface area contributed by atoms with Gasteiger partial charge < -0.3 is 0 Å². The molecule has 0 atom stereocenters. The molecular formula is C15H12ClF. The molecule has 0 fully saturated rings. The van der Waals surface area contributed by atoms with Crippen LogP contribution in [0.5, 0.6) is 0 Å². The standard InChI is InChI=1S/C15H12ClF/c1-11(12-6-8-14(17)9-7-12)10-13-4-2-3-5-15(13)16/h2-9H,1,10H2. The van der Waals surface area contributed by atoms with Gasteiger partial charge in [0.15, 0.2) is 0 Å². The molecule has 0 nitrogen and oxygen atoms in total. The molecule has 0 bridgehead atoms. The van der Waals surface area contributed by atoms with Crippen molar-refractivity contribution in [3.8, 4) is 0 Å². The van der Waals surface area contributed by atoms with Crippen LogP contribution < -0.4 is 0 Å². The van der Waals surface area contributed by atoms with Gasteiger partial charge in [-0.1, -0.05) is 48.5 Å². The van der Waals surface area contributed by atoms with Crippen molar-refractivity contribution in [2.24, 2.45) is 0 Å². The minimum Gasteiger partial charge on any atom is -0.207 e. The first-order chi connectivity index (χ1) is 8.16. The van der Waals surface area contributed by atoms with E-state index in [9.17, 15) is 4.39 Å². The summed E-state index contributed by atoms with van der Waals surface area (Å²) >= 11 is 6.08. The lowest BCUT2D eigenvalue weighted by molar-refractivity contribution is 0.627. The lowest BCUT2D eigenvalue weighted by atomic mass is 10.00. The van der Waals surface area contributed by atoms with Gasteiger partial charge >= 0.3 is 0 Å². The Kier molecular flexibility index (Phi) is 3.60. The van der Waals surface area contributed by atoms with Crippen LogP contribution in [0.25, 0.3) is 5.57 Å². The van der Waals surface area contributed by atoms with Gasteiger partial charge in [0, 0.05) is 5.02 Å². The molecule has 2 aromatic rings. The van der Waals surface area contributed by atoms with Gasteiger partial charge in [-0.2, -0.15) is 0 Å². The summed E-state index contributed by atoms with van der Waals surface area (Å²) in [5.74, 6) is -0.237. The van der Waals surface area contributed by atoms with E-state index in [4.69, 9.17) is 11.6 Å². The van der Waals surface area contributed by atoms with Crippen molar-refractivity contribution in [1.82, 2.24) is 0 Å². The highest BCUT2D eigenvalue weighted by Gasteiger charge is 2.04. The van der Waals surface area contributed by atoms with Gasteiger partial charge in [-0.05, 0) is 41.3 Å². The Morgan fingerprint density at radius 2 is 1.71 bits per heavy atom. The molecule has 0 N–H and O–H groups in total. The van der Waals surface area contributed by atoms with Crippen LogP contribution in [0, 0.1) is 5.82 Å². The normalized spacial score (nSPS) is 10.2. The fourth-order valence-electron chi connectivity index (χ4n) is 1.66. The molecule has 0 radical (unpaired) electrons. The summed E-state index contributed by atoms with van der Waals surface area (Å²) in [4.78, 5) is 0. The van der Waals surface area contributed by atoms with Gasteiger partial charge in [0.2, 0.25) is 0 Å². The second kappa shape index (κ2) is 5.15. The predicted molar refractivity (Wildman–Crippen MR) is 70.6 cm³/mol. The molecule has 0 unspecified atom stereocenters. The fourth-order valence-corrected chi connectivity index (χ4v) is 1.86. The third-order valence-corrected chi connectivity index (χ3v) is 2.98. The molecule has 86 valence electrons. The van der Waals surface area contributed by atoms with Crippen molar-refractivity contribution in [3.63, 3.8) is 0 Å². The average molecular weight is 247 g/mol. The maximum Gasteiger partial charge on any atom is 0.123 e. The maximum absolute atomic E-state index is 12.8. The van der Waals surface area contributed by atoms with Crippen LogP contribution >= 0.6 is 11.6 Å². The molecule has 0 aliphatic carbocycles. The zero-order chi connectivity index (χ0) is 12.3. The Morgan fingerprint density at radius 3 is 2.35 bits per heavy atom. The first kappa shape index (κ1) is 11.9. The molecule has 2 aromatic carbocycles. The zero-order valence-electron chi connectivity index (χ0n) is 9.29. The first-order valence-electron chi connectivity index (χ1n) is 5.34.